The standard InChI is InChI=1S/C30H43N3O6/c1-20-18-27(35)38-25-19-22(14-15-23(20)25)32-28(36)24(12-8-9-17-31-29(37)39-30(2,3)4)33-26(34)16-13-21-10-6-5-7-11-21/h14-15,18-19,21,24H,5-13,16-17H2,1-4H3,(H,31,37)(H,32,36)(H,33,34). The molecule has 3 rings (SSSR count). The summed E-state index contributed by atoms with van der Waals surface area (Å²) < 4.78 is 10.5. The molecule has 1 saturated carbocycles. The molecule has 0 aliphatic heterocycles. The Labute approximate surface area is 230 Å². The zero-order valence-corrected chi connectivity index (χ0v) is 23.7. The van der Waals surface area contributed by atoms with Gasteiger partial charge in [0.15, 0.2) is 0 Å². The minimum Gasteiger partial charge on any atom is -0.444 e. The third kappa shape index (κ3) is 10.4. The molecule has 0 bridgehead atoms. The van der Waals surface area contributed by atoms with Crippen molar-refractivity contribution in [3.63, 3.8) is 0 Å². The number of hydrogen-bond acceptors (Lipinski definition) is 6. The number of amides is 3. The number of alkyl carbamates (subject to hydrolysis) is 1. The molecule has 0 saturated heterocycles. The van der Waals surface area contributed by atoms with Crippen molar-refractivity contribution in [2.24, 2.45) is 5.92 Å². The van der Waals surface area contributed by atoms with Crippen LogP contribution < -0.4 is 21.6 Å². The minimum atomic E-state index is -0.731. The van der Waals surface area contributed by atoms with Crippen LogP contribution in [0.2, 0.25) is 0 Å². The molecule has 1 aliphatic carbocycles. The van der Waals surface area contributed by atoms with Crippen LogP contribution in [0.3, 0.4) is 0 Å². The third-order valence-corrected chi connectivity index (χ3v) is 6.96. The first-order valence-electron chi connectivity index (χ1n) is 14.1. The van der Waals surface area contributed by atoms with Crippen molar-refractivity contribution in [1.82, 2.24) is 10.6 Å². The van der Waals surface area contributed by atoms with Crippen molar-refractivity contribution in [3.05, 3.63) is 40.2 Å². The predicted molar refractivity (Wildman–Crippen MR) is 152 cm³/mol. The minimum absolute atomic E-state index is 0.132. The van der Waals surface area contributed by atoms with Crippen LogP contribution >= 0.6 is 0 Å². The Balaban J connectivity index is 1.59. The van der Waals surface area contributed by atoms with Crippen LogP contribution in [-0.2, 0) is 14.3 Å². The van der Waals surface area contributed by atoms with Crippen molar-refractivity contribution in [2.75, 3.05) is 11.9 Å². The monoisotopic (exact) mass is 541 g/mol. The fourth-order valence-corrected chi connectivity index (χ4v) is 4.96. The molecule has 1 unspecified atom stereocenters. The van der Waals surface area contributed by atoms with Gasteiger partial charge in [0.1, 0.15) is 17.2 Å². The van der Waals surface area contributed by atoms with E-state index in [0.717, 1.165) is 17.4 Å². The maximum Gasteiger partial charge on any atom is 0.407 e. The summed E-state index contributed by atoms with van der Waals surface area (Å²) >= 11 is 0. The maximum absolute atomic E-state index is 13.2. The number of nitrogens with one attached hydrogen (secondary N) is 3. The van der Waals surface area contributed by atoms with E-state index in [2.05, 4.69) is 16.0 Å². The van der Waals surface area contributed by atoms with E-state index in [4.69, 9.17) is 9.15 Å². The van der Waals surface area contributed by atoms with Crippen molar-refractivity contribution < 1.29 is 23.5 Å². The number of carbonyl (C=O) groups is 3. The molecule has 1 atom stereocenters. The van der Waals surface area contributed by atoms with Crippen molar-refractivity contribution >= 4 is 34.6 Å². The van der Waals surface area contributed by atoms with Gasteiger partial charge in [-0.1, -0.05) is 32.1 Å². The summed E-state index contributed by atoms with van der Waals surface area (Å²) in [4.78, 5) is 49.7. The highest BCUT2D eigenvalue weighted by molar-refractivity contribution is 5.98. The molecule has 0 spiro atoms. The lowest BCUT2D eigenvalue weighted by Crippen LogP contribution is -2.44. The number of ether oxygens (including phenoxy) is 1. The first-order valence-corrected chi connectivity index (χ1v) is 14.1. The van der Waals surface area contributed by atoms with Crippen molar-refractivity contribution in [3.8, 4) is 0 Å². The summed E-state index contributed by atoms with van der Waals surface area (Å²) in [5, 5.41) is 9.30. The molecule has 1 aliphatic rings. The van der Waals surface area contributed by atoms with Gasteiger partial charge < -0.3 is 25.1 Å². The van der Waals surface area contributed by atoms with Gasteiger partial charge in [-0.25, -0.2) is 9.59 Å². The van der Waals surface area contributed by atoms with Crippen LogP contribution in [0.1, 0.15) is 90.5 Å². The van der Waals surface area contributed by atoms with Crippen molar-refractivity contribution in [2.45, 2.75) is 104 Å². The van der Waals surface area contributed by atoms with Gasteiger partial charge in [0.25, 0.3) is 0 Å². The van der Waals surface area contributed by atoms with Crippen LogP contribution in [0, 0.1) is 12.8 Å². The van der Waals surface area contributed by atoms with Crippen molar-refractivity contribution in [1.29, 1.82) is 0 Å². The molecule has 1 fully saturated rings. The summed E-state index contributed by atoms with van der Waals surface area (Å²) in [5.41, 5.74) is 0.640. The lowest BCUT2D eigenvalue weighted by molar-refractivity contribution is -0.126. The van der Waals surface area contributed by atoms with Gasteiger partial charge in [0, 0.05) is 36.2 Å². The van der Waals surface area contributed by atoms with Crippen LogP contribution in [0.5, 0.6) is 0 Å². The third-order valence-electron chi connectivity index (χ3n) is 6.96. The number of benzene rings is 1. The highest BCUT2D eigenvalue weighted by Crippen LogP contribution is 2.27. The lowest BCUT2D eigenvalue weighted by Gasteiger charge is -2.22. The van der Waals surface area contributed by atoms with E-state index in [9.17, 15) is 19.2 Å². The molecule has 39 heavy (non-hydrogen) atoms. The number of anilines is 1. The van der Waals surface area contributed by atoms with Gasteiger partial charge >= 0.3 is 11.7 Å². The van der Waals surface area contributed by atoms with Crippen LogP contribution in [-0.4, -0.2) is 36.1 Å². The second kappa shape index (κ2) is 14.1. The maximum atomic E-state index is 13.2. The number of rotatable bonds is 11. The van der Waals surface area contributed by atoms with E-state index in [0.29, 0.717) is 49.4 Å². The van der Waals surface area contributed by atoms with Gasteiger partial charge in [0.2, 0.25) is 11.8 Å². The van der Waals surface area contributed by atoms with E-state index in [-0.39, 0.29) is 11.8 Å². The zero-order valence-electron chi connectivity index (χ0n) is 23.7. The fourth-order valence-electron chi connectivity index (χ4n) is 4.96. The average Bonchev–Trinajstić information content (AvgIpc) is 2.85. The smallest absolute Gasteiger partial charge is 0.407 e. The molecule has 2 aromatic rings. The van der Waals surface area contributed by atoms with E-state index in [1.807, 2.05) is 6.92 Å². The first-order chi connectivity index (χ1) is 18.5. The second-order valence-electron chi connectivity index (χ2n) is 11.5. The molecule has 214 valence electrons. The summed E-state index contributed by atoms with van der Waals surface area (Å²) in [6, 6.07) is 5.86. The molecule has 1 aromatic heterocycles. The van der Waals surface area contributed by atoms with E-state index >= 15 is 0 Å². The Kier molecular flexibility index (Phi) is 10.9. The summed E-state index contributed by atoms with van der Waals surface area (Å²) in [5.74, 6) is 0.106. The molecular weight excluding hydrogens is 498 g/mol. The van der Waals surface area contributed by atoms with Gasteiger partial charge in [-0.05, 0) is 77.0 Å². The normalized spacial score (nSPS) is 15.0. The largest absolute Gasteiger partial charge is 0.444 e. The number of aryl methyl sites for hydroxylation is 1. The number of hydrogen-bond donors (Lipinski definition) is 3. The molecule has 0 radical (unpaired) electrons. The summed E-state index contributed by atoms with van der Waals surface area (Å²) in [6.45, 7) is 7.64. The van der Waals surface area contributed by atoms with E-state index < -0.39 is 23.4 Å². The topological polar surface area (TPSA) is 127 Å². The van der Waals surface area contributed by atoms with E-state index in [1.54, 1.807) is 39.0 Å². The molecule has 9 heteroatoms. The van der Waals surface area contributed by atoms with Gasteiger partial charge in [0.05, 0.1) is 0 Å². The van der Waals surface area contributed by atoms with Gasteiger partial charge in [-0.2, -0.15) is 0 Å². The molecule has 1 heterocycles. The Morgan fingerprint density at radius 3 is 2.54 bits per heavy atom. The number of unbranched alkanes of at least 4 members (excludes halogenated alkanes) is 1. The number of fused-ring (bicyclic) bond motifs is 1. The highest BCUT2D eigenvalue weighted by Gasteiger charge is 2.22. The SMILES string of the molecule is Cc1cc(=O)oc2cc(NC(=O)C(CCCCNC(=O)OC(C)(C)C)NC(=O)CCC3CCCCC3)ccc12. The first kappa shape index (κ1) is 30.2. The number of carbonyl (C=O) groups excluding carboxylic acids is 3. The molecule has 1 aromatic carbocycles. The summed E-state index contributed by atoms with van der Waals surface area (Å²) in [7, 11) is 0. The Hall–Kier alpha value is -3.36. The van der Waals surface area contributed by atoms with Gasteiger partial charge in [-0.15, -0.1) is 0 Å². The fraction of sp³-hybridized carbons (Fsp3) is 0.600. The van der Waals surface area contributed by atoms with Gasteiger partial charge in [-0.3, -0.25) is 9.59 Å². The van der Waals surface area contributed by atoms with Crippen LogP contribution in [0.25, 0.3) is 11.0 Å². The second-order valence-corrected chi connectivity index (χ2v) is 11.5. The van der Waals surface area contributed by atoms with Crippen LogP contribution in [0.15, 0.2) is 33.5 Å². The Bertz CT molecular complexity index is 1190. The Morgan fingerprint density at radius 1 is 1.08 bits per heavy atom. The molecule has 3 amide bonds. The summed E-state index contributed by atoms with van der Waals surface area (Å²) in [6.07, 6.45) is 8.46. The Morgan fingerprint density at radius 2 is 1.82 bits per heavy atom. The van der Waals surface area contributed by atoms with Crippen LogP contribution in [0.4, 0.5) is 10.5 Å². The highest BCUT2D eigenvalue weighted by atomic mass is 16.6. The zero-order chi connectivity index (χ0) is 28.4. The lowest BCUT2D eigenvalue weighted by atomic mass is 9.86. The predicted octanol–water partition coefficient (Wildman–Crippen LogP) is 5.58. The quantitative estimate of drug-likeness (QED) is 0.252. The average molecular weight is 542 g/mol. The molecule has 3 N–H and O–H groups in total. The van der Waals surface area contributed by atoms with E-state index in [1.165, 1.54) is 38.2 Å². The molecular formula is C30H43N3O6. The molecule has 9 nitrogen and oxygen atoms in total.